The third kappa shape index (κ3) is 5.61. The van der Waals surface area contributed by atoms with Gasteiger partial charge in [0.05, 0.1) is 17.5 Å². The number of anilines is 1. The Kier molecular flexibility index (Phi) is 6.87. The van der Waals surface area contributed by atoms with Crippen molar-refractivity contribution in [3.8, 4) is 0 Å². The van der Waals surface area contributed by atoms with Crippen LogP contribution in [0.15, 0.2) is 53.4 Å². The maximum absolute atomic E-state index is 13.0. The zero-order chi connectivity index (χ0) is 20.9. The number of amides is 2. The summed E-state index contributed by atoms with van der Waals surface area (Å²) in [5, 5.41) is 5.24. The molecule has 2 aromatic rings. The molecule has 0 spiro atoms. The predicted octanol–water partition coefficient (Wildman–Crippen LogP) is 2.28. The van der Waals surface area contributed by atoms with Crippen molar-refractivity contribution in [1.82, 2.24) is 9.62 Å². The molecule has 0 radical (unpaired) electrons. The second-order valence-electron chi connectivity index (χ2n) is 6.31. The van der Waals surface area contributed by atoms with E-state index in [1.165, 1.54) is 50.4 Å². The third-order valence-corrected chi connectivity index (χ3v) is 5.81. The van der Waals surface area contributed by atoms with E-state index in [1.54, 1.807) is 19.1 Å². The summed E-state index contributed by atoms with van der Waals surface area (Å²) in [5.41, 5.74) is 1.17. The lowest BCUT2D eigenvalue weighted by molar-refractivity contribution is -0.121. The monoisotopic (exact) mass is 407 g/mol. The summed E-state index contributed by atoms with van der Waals surface area (Å²) in [6.45, 7) is 2.70. The average Bonchev–Trinajstić information content (AvgIpc) is 2.62. The third-order valence-electron chi connectivity index (χ3n) is 4.00. The maximum Gasteiger partial charge on any atom is 0.243 e. The Morgan fingerprint density at radius 3 is 2.18 bits per heavy atom. The first kappa shape index (κ1) is 21.5. The van der Waals surface area contributed by atoms with Gasteiger partial charge in [-0.15, -0.1) is 0 Å². The summed E-state index contributed by atoms with van der Waals surface area (Å²) in [4.78, 5) is 23.3. The topological polar surface area (TPSA) is 95.6 Å². The molecule has 0 saturated carbocycles. The lowest BCUT2D eigenvalue weighted by Crippen LogP contribution is -2.39. The molecule has 0 bridgehead atoms. The van der Waals surface area contributed by atoms with Crippen molar-refractivity contribution >= 4 is 27.5 Å². The minimum atomic E-state index is -3.88. The van der Waals surface area contributed by atoms with Gasteiger partial charge in [-0.3, -0.25) is 9.59 Å². The normalized spacial score (nSPS) is 12.5. The van der Waals surface area contributed by atoms with Crippen molar-refractivity contribution in [2.24, 2.45) is 0 Å². The van der Waals surface area contributed by atoms with Gasteiger partial charge in [0.25, 0.3) is 0 Å². The van der Waals surface area contributed by atoms with Gasteiger partial charge in [0.15, 0.2) is 0 Å². The fourth-order valence-corrected chi connectivity index (χ4v) is 3.63. The molecule has 2 N–H and O–H groups in total. The summed E-state index contributed by atoms with van der Waals surface area (Å²) in [6.07, 6.45) is 0. The molecule has 0 heterocycles. The number of nitrogens with one attached hydrogen (secondary N) is 2. The van der Waals surface area contributed by atoms with Crippen molar-refractivity contribution in [3.05, 3.63) is 59.9 Å². The number of carbonyl (C=O) groups is 2. The van der Waals surface area contributed by atoms with Gasteiger partial charge < -0.3 is 10.6 Å². The van der Waals surface area contributed by atoms with Gasteiger partial charge in [-0.2, -0.15) is 4.31 Å². The van der Waals surface area contributed by atoms with Crippen LogP contribution in [0, 0.1) is 5.82 Å². The van der Waals surface area contributed by atoms with Crippen LogP contribution in [0.2, 0.25) is 0 Å². The fraction of sp³-hybridized carbons (Fsp3) is 0.263. The number of carbonyl (C=O) groups excluding carboxylic acids is 2. The number of benzene rings is 2. The van der Waals surface area contributed by atoms with Crippen LogP contribution in [0.5, 0.6) is 0 Å². The van der Waals surface area contributed by atoms with Gasteiger partial charge in [-0.1, -0.05) is 12.1 Å². The Hall–Kier alpha value is -2.78. The molecule has 2 amide bonds. The Bertz CT molecular complexity index is 944. The van der Waals surface area contributed by atoms with Crippen molar-refractivity contribution in [3.63, 3.8) is 0 Å². The van der Waals surface area contributed by atoms with Crippen LogP contribution < -0.4 is 10.6 Å². The van der Waals surface area contributed by atoms with Crippen LogP contribution >= 0.6 is 0 Å². The van der Waals surface area contributed by atoms with Gasteiger partial charge >= 0.3 is 0 Å². The maximum atomic E-state index is 13.0. The van der Waals surface area contributed by atoms with E-state index in [0.717, 1.165) is 4.31 Å². The molecule has 0 fully saturated rings. The SMILES string of the molecule is CC(=O)Nc1ccc(S(=O)(=O)N(C)CC(=O)N[C@H](C)c2ccc(F)cc2)cc1. The Labute approximate surface area is 163 Å². The standard InChI is InChI=1S/C19H22FN3O4S/c1-13(15-4-6-16(20)7-5-15)21-19(25)12-23(3)28(26,27)18-10-8-17(9-11-18)22-14(2)24/h4-11,13H,12H2,1-3H3,(H,21,25)(H,22,24)/t13-/m1/s1. The van der Waals surface area contributed by atoms with Crippen LogP contribution in [0.1, 0.15) is 25.5 Å². The van der Waals surface area contributed by atoms with Crippen molar-refractivity contribution in [2.45, 2.75) is 24.8 Å². The molecular weight excluding hydrogens is 385 g/mol. The summed E-state index contributed by atoms with van der Waals surface area (Å²) >= 11 is 0. The van der Waals surface area contributed by atoms with Gasteiger partial charge in [-0.25, -0.2) is 12.8 Å². The number of rotatable bonds is 7. The van der Waals surface area contributed by atoms with E-state index in [4.69, 9.17) is 0 Å². The first-order valence-corrected chi connectivity index (χ1v) is 9.92. The molecule has 9 heteroatoms. The van der Waals surface area contributed by atoms with E-state index < -0.39 is 22.0 Å². The highest BCUT2D eigenvalue weighted by molar-refractivity contribution is 7.89. The van der Waals surface area contributed by atoms with E-state index in [0.29, 0.717) is 11.3 Å². The largest absolute Gasteiger partial charge is 0.348 e. The molecule has 2 rings (SSSR count). The van der Waals surface area contributed by atoms with E-state index in [1.807, 2.05) is 0 Å². The van der Waals surface area contributed by atoms with Crippen LogP contribution in [-0.4, -0.2) is 38.1 Å². The smallest absolute Gasteiger partial charge is 0.243 e. The van der Waals surface area contributed by atoms with E-state index >= 15 is 0 Å². The summed E-state index contributed by atoms with van der Waals surface area (Å²) in [6, 6.07) is 10.9. The van der Waals surface area contributed by atoms with Crippen LogP contribution in [0.3, 0.4) is 0 Å². The Balaban J connectivity index is 2.01. The molecule has 0 aliphatic rings. The zero-order valence-corrected chi connectivity index (χ0v) is 16.6. The fourth-order valence-electron chi connectivity index (χ4n) is 2.50. The van der Waals surface area contributed by atoms with Gasteiger partial charge in [-0.05, 0) is 48.9 Å². The number of hydrogen-bond donors (Lipinski definition) is 2. The van der Waals surface area contributed by atoms with Crippen molar-refractivity contribution in [2.75, 3.05) is 18.9 Å². The lowest BCUT2D eigenvalue weighted by Gasteiger charge is -2.19. The van der Waals surface area contributed by atoms with E-state index in [9.17, 15) is 22.4 Å². The summed E-state index contributed by atoms with van der Waals surface area (Å²) in [5.74, 6) is -1.13. The molecule has 0 aliphatic heterocycles. The second-order valence-corrected chi connectivity index (χ2v) is 8.35. The quantitative estimate of drug-likeness (QED) is 0.736. The van der Waals surface area contributed by atoms with Crippen molar-refractivity contribution in [1.29, 1.82) is 0 Å². The van der Waals surface area contributed by atoms with Crippen LogP contribution in [0.25, 0.3) is 0 Å². The highest BCUT2D eigenvalue weighted by atomic mass is 32.2. The first-order chi connectivity index (χ1) is 13.1. The molecule has 0 saturated heterocycles. The number of nitrogens with zero attached hydrogens (tertiary/aromatic N) is 1. The van der Waals surface area contributed by atoms with Gasteiger partial charge in [0, 0.05) is 19.7 Å². The summed E-state index contributed by atoms with van der Waals surface area (Å²) < 4.78 is 39.1. The molecular formula is C19H22FN3O4S. The first-order valence-electron chi connectivity index (χ1n) is 8.48. The molecule has 1 atom stereocenters. The van der Waals surface area contributed by atoms with Crippen LogP contribution in [0.4, 0.5) is 10.1 Å². The number of likely N-dealkylation sites (N-methyl/N-ethyl adjacent to an activating group) is 1. The number of sulfonamides is 1. The van der Waals surface area contributed by atoms with Gasteiger partial charge in [0.1, 0.15) is 5.82 Å². The molecule has 0 aliphatic carbocycles. The van der Waals surface area contributed by atoms with E-state index in [2.05, 4.69) is 10.6 Å². The van der Waals surface area contributed by atoms with Crippen molar-refractivity contribution < 1.29 is 22.4 Å². The minimum absolute atomic E-state index is 0.00323. The average molecular weight is 407 g/mol. The minimum Gasteiger partial charge on any atom is -0.348 e. The van der Waals surface area contributed by atoms with Gasteiger partial charge in [0.2, 0.25) is 21.8 Å². The number of hydrogen-bond acceptors (Lipinski definition) is 4. The Morgan fingerprint density at radius 1 is 1.07 bits per heavy atom. The second kappa shape index (κ2) is 8.94. The van der Waals surface area contributed by atoms with Crippen LogP contribution in [-0.2, 0) is 19.6 Å². The molecule has 2 aromatic carbocycles. The highest BCUT2D eigenvalue weighted by Crippen LogP contribution is 2.18. The predicted molar refractivity (Wildman–Crippen MR) is 104 cm³/mol. The molecule has 28 heavy (non-hydrogen) atoms. The highest BCUT2D eigenvalue weighted by Gasteiger charge is 2.23. The molecule has 150 valence electrons. The zero-order valence-electron chi connectivity index (χ0n) is 15.8. The lowest BCUT2D eigenvalue weighted by atomic mass is 10.1. The van der Waals surface area contributed by atoms with E-state index in [-0.39, 0.29) is 23.2 Å². The summed E-state index contributed by atoms with van der Waals surface area (Å²) in [7, 11) is -2.57. The number of halogens is 1. The molecule has 0 aromatic heterocycles. The molecule has 0 unspecified atom stereocenters. The Morgan fingerprint density at radius 2 is 1.64 bits per heavy atom. The molecule has 7 nitrogen and oxygen atoms in total.